The molecule has 1 fully saturated rings. The Morgan fingerprint density at radius 2 is 2.38 bits per heavy atom. The molecule has 0 saturated carbocycles. The van der Waals surface area contributed by atoms with Crippen LogP contribution in [0.5, 0.6) is 5.88 Å². The molecule has 0 aromatic carbocycles. The summed E-state index contributed by atoms with van der Waals surface area (Å²) in [7, 11) is 0. The number of amides is 1. The smallest absolute Gasteiger partial charge is 0.325 e. The van der Waals surface area contributed by atoms with E-state index in [1.165, 1.54) is 0 Å². The number of aromatic nitrogens is 1. The number of rotatable bonds is 6. The SMILES string of the molecule is CCOC(=O)CNC(=O)c1cccnc1OC1CCOC1. The Labute approximate surface area is 122 Å². The van der Waals surface area contributed by atoms with Crippen molar-refractivity contribution in [1.29, 1.82) is 0 Å². The molecule has 0 radical (unpaired) electrons. The second-order valence-electron chi connectivity index (χ2n) is 4.45. The Balaban J connectivity index is 1.97. The van der Waals surface area contributed by atoms with Crippen molar-refractivity contribution in [3.05, 3.63) is 23.9 Å². The van der Waals surface area contributed by atoms with Crippen LogP contribution in [0.25, 0.3) is 0 Å². The third-order valence-corrected chi connectivity index (χ3v) is 2.88. The topological polar surface area (TPSA) is 86.8 Å². The van der Waals surface area contributed by atoms with Crippen LogP contribution in [-0.4, -0.2) is 49.3 Å². The summed E-state index contributed by atoms with van der Waals surface area (Å²) in [5.41, 5.74) is 0.286. The first-order valence-electron chi connectivity index (χ1n) is 6.84. The number of esters is 1. The highest BCUT2D eigenvalue weighted by atomic mass is 16.6. The van der Waals surface area contributed by atoms with Gasteiger partial charge in [0.05, 0.1) is 19.8 Å². The first kappa shape index (κ1) is 15.2. The molecule has 2 heterocycles. The Bertz CT molecular complexity index is 500. The van der Waals surface area contributed by atoms with Crippen LogP contribution in [0.1, 0.15) is 23.7 Å². The summed E-state index contributed by atoms with van der Waals surface area (Å²) >= 11 is 0. The Hall–Kier alpha value is -2.15. The molecule has 1 aromatic rings. The molecule has 1 aliphatic rings. The van der Waals surface area contributed by atoms with E-state index in [0.717, 1.165) is 6.42 Å². The third kappa shape index (κ3) is 4.42. The molecule has 1 amide bonds. The van der Waals surface area contributed by atoms with E-state index in [0.29, 0.717) is 13.2 Å². The Morgan fingerprint density at radius 3 is 3.10 bits per heavy atom. The van der Waals surface area contributed by atoms with Gasteiger partial charge in [0.2, 0.25) is 5.88 Å². The fourth-order valence-electron chi connectivity index (χ4n) is 1.88. The third-order valence-electron chi connectivity index (χ3n) is 2.88. The standard InChI is InChI=1S/C14H18N2O5/c1-2-20-12(17)8-16-13(18)11-4-3-6-15-14(11)21-10-5-7-19-9-10/h3-4,6,10H,2,5,7-9H2,1H3,(H,16,18). The summed E-state index contributed by atoms with van der Waals surface area (Å²) in [4.78, 5) is 27.4. The molecule has 1 saturated heterocycles. The summed E-state index contributed by atoms with van der Waals surface area (Å²) in [6.45, 7) is 2.92. The molecule has 1 aromatic heterocycles. The van der Waals surface area contributed by atoms with Gasteiger partial charge in [-0.2, -0.15) is 0 Å². The van der Waals surface area contributed by atoms with Gasteiger partial charge in [-0.15, -0.1) is 0 Å². The molecular formula is C14H18N2O5. The van der Waals surface area contributed by atoms with Gasteiger partial charge in [0.15, 0.2) is 0 Å². The van der Waals surface area contributed by atoms with Gasteiger partial charge in [0.25, 0.3) is 5.91 Å². The fraction of sp³-hybridized carbons (Fsp3) is 0.500. The number of pyridine rings is 1. The number of nitrogens with one attached hydrogen (secondary N) is 1. The zero-order valence-electron chi connectivity index (χ0n) is 11.8. The van der Waals surface area contributed by atoms with E-state index < -0.39 is 11.9 Å². The van der Waals surface area contributed by atoms with E-state index in [-0.39, 0.29) is 30.7 Å². The molecule has 7 heteroatoms. The summed E-state index contributed by atoms with van der Waals surface area (Å²) < 4.78 is 15.6. The minimum atomic E-state index is -0.485. The molecule has 2 rings (SSSR count). The van der Waals surface area contributed by atoms with Crippen LogP contribution < -0.4 is 10.1 Å². The normalized spacial score (nSPS) is 17.3. The minimum absolute atomic E-state index is 0.100. The van der Waals surface area contributed by atoms with Crippen LogP contribution in [0.15, 0.2) is 18.3 Å². The number of carbonyl (C=O) groups excluding carboxylic acids is 2. The molecule has 114 valence electrons. The highest BCUT2D eigenvalue weighted by Crippen LogP contribution is 2.19. The lowest BCUT2D eigenvalue weighted by Gasteiger charge is -2.13. The van der Waals surface area contributed by atoms with Crippen molar-refractivity contribution in [1.82, 2.24) is 10.3 Å². The van der Waals surface area contributed by atoms with Crippen molar-refractivity contribution in [3.63, 3.8) is 0 Å². The number of ether oxygens (including phenoxy) is 3. The number of carbonyl (C=O) groups is 2. The van der Waals surface area contributed by atoms with Gasteiger partial charge in [-0.05, 0) is 19.1 Å². The summed E-state index contributed by atoms with van der Waals surface area (Å²) in [5, 5.41) is 2.48. The van der Waals surface area contributed by atoms with Gasteiger partial charge >= 0.3 is 5.97 Å². The maximum atomic E-state index is 12.1. The molecule has 0 spiro atoms. The van der Waals surface area contributed by atoms with Crippen molar-refractivity contribution in [3.8, 4) is 5.88 Å². The fourth-order valence-corrected chi connectivity index (χ4v) is 1.88. The molecule has 7 nitrogen and oxygen atoms in total. The van der Waals surface area contributed by atoms with Crippen LogP contribution in [0.2, 0.25) is 0 Å². The lowest BCUT2D eigenvalue weighted by Crippen LogP contribution is -2.31. The van der Waals surface area contributed by atoms with Gasteiger partial charge in [0, 0.05) is 12.6 Å². The van der Waals surface area contributed by atoms with Crippen LogP contribution in [0, 0.1) is 0 Å². The average molecular weight is 294 g/mol. The van der Waals surface area contributed by atoms with E-state index in [2.05, 4.69) is 10.3 Å². The van der Waals surface area contributed by atoms with Crippen LogP contribution in [0.4, 0.5) is 0 Å². The molecule has 1 aliphatic heterocycles. The summed E-state index contributed by atoms with van der Waals surface area (Å²) in [6.07, 6.45) is 2.21. The minimum Gasteiger partial charge on any atom is -0.471 e. The first-order valence-corrected chi connectivity index (χ1v) is 6.84. The van der Waals surface area contributed by atoms with Crippen LogP contribution in [-0.2, 0) is 14.3 Å². The van der Waals surface area contributed by atoms with E-state index >= 15 is 0 Å². The lowest BCUT2D eigenvalue weighted by atomic mass is 10.2. The Morgan fingerprint density at radius 1 is 1.52 bits per heavy atom. The van der Waals surface area contributed by atoms with E-state index in [9.17, 15) is 9.59 Å². The zero-order valence-corrected chi connectivity index (χ0v) is 11.8. The van der Waals surface area contributed by atoms with Crippen molar-refractivity contribution < 1.29 is 23.8 Å². The number of hydrogen-bond donors (Lipinski definition) is 1. The Kier molecular flexibility index (Phi) is 5.51. The largest absolute Gasteiger partial charge is 0.471 e. The van der Waals surface area contributed by atoms with Gasteiger partial charge in [-0.3, -0.25) is 9.59 Å². The van der Waals surface area contributed by atoms with Crippen LogP contribution >= 0.6 is 0 Å². The first-order chi connectivity index (χ1) is 10.2. The maximum absolute atomic E-state index is 12.1. The zero-order chi connectivity index (χ0) is 15.1. The van der Waals surface area contributed by atoms with E-state index in [1.54, 1.807) is 25.3 Å². The maximum Gasteiger partial charge on any atom is 0.325 e. The van der Waals surface area contributed by atoms with Crippen molar-refractivity contribution in [2.45, 2.75) is 19.4 Å². The lowest BCUT2D eigenvalue weighted by molar-refractivity contribution is -0.141. The molecule has 0 aliphatic carbocycles. The molecule has 1 unspecified atom stereocenters. The summed E-state index contributed by atoms with van der Waals surface area (Å²) in [5.74, 6) is -0.666. The van der Waals surface area contributed by atoms with E-state index in [4.69, 9.17) is 14.2 Å². The predicted molar refractivity (Wildman–Crippen MR) is 73.1 cm³/mol. The second kappa shape index (κ2) is 7.58. The number of hydrogen-bond acceptors (Lipinski definition) is 6. The van der Waals surface area contributed by atoms with E-state index in [1.807, 2.05) is 0 Å². The van der Waals surface area contributed by atoms with Crippen molar-refractivity contribution in [2.75, 3.05) is 26.4 Å². The predicted octanol–water partition coefficient (Wildman–Crippen LogP) is 0.542. The van der Waals surface area contributed by atoms with Gasteiger partial charge in [-0.1, -0.05) is 0 Å². The second-order valence-corrected chi connectivity index (χ2v) is 4.45. The highest BCUT2D eigenvalue weighted by molar-refractivity contribution is 5.97. The molecule has 21 heavy (non-hydrogen) atoms. The number of nitrogens with zero attached hydrogens (tertiary/aromatic N) is 1. The van der Waals surface area contributed by atoms with Crippen molar-refractivity contribution in [2.24, 2.45) is 0 Å². The highest BCUT2D eigenvalue weighted by Gasteiger charge is 2.21. The molecule has 0 bridgehead atoms. The van der Waals surface area contributed by atoms with Gasteiger partial charge in [-0.25, -0.2) is 4.98 Å². The quantitative estimate of drug-likeness (QED) is 0.771. The summed E-state index contributed by atoms with van der Waals surface area (Å²) in [6, 6.07) is 3.23. The van der Waals surface area contributed by atoms with Crippen molar-refractivity contribution >= 4 is 11.9 Å². The molecule has 1 N–H and O–H groups in total. The monoisotopic (exact) mass is 294 g/mol. The van der Waals surface area contributed by atoms with Gasteiger partial charge < -0.3 is 19.5 Å². The van der Waals surface area contributed by atoms with Crippen LogP contribution in [0.3, 0.4) is 0 Å². The average Bonchev–Trinajstić information content (AvgIpc) is 2.99. The molecular weight excluding hydrogens is 276 g/mol. The molecule has 1 atom stereocenters. The van der Waals surface area contributed by atoms with Gasteiger partial charge in [0.1, 0.15) is 18.2 Å².